The number of hydrogen-bond acceptors (Lipinski definition) is 6. The highest BCUT2D eigenvalue weighted by molar-refractivity contribution is 6.39. The van der Waals surface area contributed by atoms with Crippen LogP contribution in [0.25, 0.3) is 22.7 Å². The fourth-order valence-electron chi connectivity index (χ4n) is 4.47. The number of nitrogens with zero attached hydrogens (tertiary/aromatic N) is 2. The number of carbonyl (C=O) groups is 3. The summed E-state index contributed by atoms with van der Waals surface area (Å²) in [7, 11) is 1.54. The molecule has 3 aromatic carbocycles. The first kappa shape index (κ1) is 32.2. The lowest BCUT2D eigenvalue weighted by Crippen LogP contribution is -2.42. The number of esters is 1. The summed E-state index contributed by atoms with van der Waals surface area (Å²) >= 11 is 12.2. The summed E-state index contributed by atoms with van der Waals surface area (Å²) in [6.07, 6.45) is 2.69. The van der Waals surface area contributed by atoms with Crippen molar-refractivity contribution in [2.24, 2.45) is 7.05 Å². The highest BCUT2D eigenvalue weighted by Gasteiger charge is 2.24. The van der Waals surface area contributed by atoms with E-state index in [0.29, 0.717) is 16.6 Å². The predicted octanol–water partition coefficient (Wildman–Crippen LogP) is 4.78. The second-order valence-electron chi connectivity index (χ2n) is 11.0. The lowest BCUT2D eigenvalue weighted by Gasteiger charge is -2.17. The molecule has 0 saturated carbocycles. The van der Waals surface area contributed by atoms with Crippen molar-refractivity contribution in [3.8, 4) is 5.69 Å². The van der Waals surface area contributed by atoms with Crippen molar-refractivity contribution in [3.63, 3.8) is 0 Å². The summed E-state index contributed by atoms with van der Waals surface area (Å²) < 4.78 is 7.62. The van der Waals surface area contributed by atoms with Gasteiger partial charge in [0.15, 0.2) is 0 Å². The van der Waals surface area contributed by atoms with Gasteiger partial charge in [0.1, 0.15) is 11.6 Å². The number of carboxylic acids is 1. The van der Waals surface area contributed by atoms with Crippen LogP contribution < -0.4 is 16.6 Å². The number of benzene rings is 3. The van der Waals surface area contributed by atoms with Gasteiger partial charge in [0.05, 0.1) is 32.2 Å². The van der Waals surface area contributed by atoms with Crippen LogP contribution in [-0.2, 0) is 27.8 Å². The number of halogens is 2. The Balaban J connectivity index is 1.62. The van der Waals surface area contributed by atoms with Crippen LogP contribution >= 0.6 is 23.2 Å². The van der Waals surface area contributed by atoms with E-state index in [9.17, 15) is 29.1 Å². The number of aromatic nitrogens is 2. The van der Waals surface area contributed by atoms with Gasteiger partial charge in [-0.3, -0.25) is 14.2 Å². The quantitative estimate of drug-likeness (QED) is 0.210. The predicted molar refractivity (Wildman–Crippen MR) is 169 cm³/mol. The molecule has 10 nitrogen and oxygen atoms in total. The lowest BCUT2D eigenvalue weighted by atomic mass is 10.0. The second-order valence-corrected chi connectivity index (χ2v) is 11.8. The third kappa shape index (κ3) is 7.27. The van der Waals surface area contributed by atoms with Crippen LogP contribution in [0.2, 0.25) is 10.0 Å². The first-order valence-electron chi connectivity index (χ1n) is 13.4. The monoisotopic (exact) mass is 637 g/mol. The fraction of sp³-hybridized carbons (Fsp3) is 0.219. The van der Waals surface area contributed by atoms with Gasteiger partial charge in [-0.05, 0) is 74.4 Å². The van der Waals surface area contributed by atoms with Crippen molar-refractivity contribution < 1.29 is 24.2 Å². The van der Waals surface area contributed by atoms with Crippen molar-refractivity contribution >= 4 is 58.0 Å². The van der Waals surface area contributed by atoms with Gasteiger partial charge >= 0.3 is 17.6 Å². The first-order valence-corrected chi connectivity index (χ1v) is 14.2. The fourth-order valence-corrected chi connectivity index (χ4v) is 5.04. The van der Waals surface area contributed by atoms with E-state index in [-0.39, 0.29) is 33.1 Å². The Morgan fingerprint density at radius 2 is 1.64 bits per heavy atom. The lowest BCUT2D eigenvalue weighted by molar-refractivity contribution is -0.148. The Bertz CT molecular complexity index is 1900. The number of fused-ring (bicyclic) bond motifs is 1. The molecule has 0 saturated heterocycles. The van der Waals surface area contributed by atoms with E-state index < -0.39 is 40.7 Å². The minimum Gasteiger partial charge on any atom is -0.480 e. The first-order chi connectivity index (χ1) is 20.7. The molecule has 0 bridgehead atoms. The average Bonchev–Trinajstić information content (AvgIpc) is 2.94. The van der Waals surface area contributed by atoms with E-state index in [0.717, 1.165) is 4.57 Å². The average molecular weight is 639 g/mol. The van der Waals surface area contributed by atoms with Crippen LogP contribution in [-0.4, -0.2) is 43.7 Å². The smallest absolute Gasteiger partial charge is 0.335 e. The van der Waals surface area contributed by atoms with Crippen LogP contribution in [0.4, 0.5) is 0 Å². The molecule has 0 radical (unpaired) electrons. The van der Waals surface area contributed by atoms with Gasteiger partial charge in [0.2, 0.25) is 0 Å². The van der Waals surface area contributed by atoms with Gasteiger partial charge in [-0.2, -0.15) is 0 Å². The molecular weight excluding hydrogens is 609 g/mol. The van der Waals surface area contributed by atoms with Gasteiger partial charge in [-0.1, -0.05) is 47.5 Å². The molecule has 4 rings (SSSR count). The Morgan fingerprint density at radius 3 is 2.23 bits per heavy atom. The summed E-state index contributed by atoms with van der Waals surface area (Å²) in [6, 6.07) is 14.2. The summed E-state index contributed by atoms with van der Waals surface area (Å²) in [6.45, 7) is 5.27. The molecule has 0 fully saturated rings. The molecule has 1 aromatic heterocycles. The zero-order chi connectivity index (χ0) is 32.3. The van der Waals surface area contributed by atoms with Gasteiger partial charge in [-0.15, -0.1) is 0 Å². The number of aryl methyl sites for hydroxylation is 1. The van der Waals surface area contributed by atoms with Crippen molar-refractivity contribution in [2.75, 3.05) is 0 Å². The number of carbonyl (C=O) groups excluding carboxylic acids is 2. The third-order valence-electron chi connectivity index (χ3n) is 6.54. The van der Waals surface area contributed by atoms with Crippen LogP contribution in [0.1, 0.15) is 42.3 Å². The van der Waals surface area contributed by atoms with Crippen LogP contribution in [0, 0.1) is 0 Å². The van der Waals surface area contributed by atoms with E-state index in [4.69, 9.17) is 27.9 Å². The highest BCUT2D eigenvalue weighted by atomic mass is 35.5. The summed E-state index contributed by atoms with van der Waals surface area (Å²) in [5.41, 5.74) is -0.106. The molecule has 0 spiro atoms. The maximum absolute atomic E-state index is 13.5. The zero-order valence-electron chi connectivity index (χ0n) is 24.3. The maximum atomic E-state index is 13.5. The minimum atomic E-state index is -1.32. The number of rotatable bonds is 8. The molecule has 0 unspecified atom stereocenters. The zero-order valence-corrected chi connectivity index (χ0v) is 25.8. The van der Waals surface area contributed by atoms with Crippen LogP contribution in [0.15, 0.2) is 76.3 Å². The SMILES string of the molecule is Cn1c(=O)n(-c2ccc(C[C@H](NC(=O)c3c(Cl)cccc3Cl)C(=O)O)cc2)c(=O)c2cc(C=CC(=O)OC(C)(C)C)ccc21. The van der Waals surface area contributed by atoms with Gasteiger partial charge in [0, 0.05) is 19.5 Å². The molecule has 12 heteroatoms. The summed E-state index contributed by atoms with van der Waals surface area (Å²) in [5.74, 6) is -2.55. The summed E-state index contributed by atoms with van der Waals surface area (Å²) in [5, 5.41) is 12.6. The summed E-state index contributed by atoms with van der Waals surface area (Å²) in [4.78, 5) is 63.5. The molecule has 1 heterocycles. The Hall–Kier alpha value is -4.67. The molecular formula is C32H29Cl2N3O7. The maximum Gasteiger partial charge on any atom is 0.335 e. The molecule has 0 aliphatic heterocycles. The number of hydrogen-bond donors (Lipinski definition) is 2. The van der Waals surface area contributed by atoms with E-state index >= 15 is 0 Å². The van der Waals surface area contributed by atoms with E-state index in [1.807, 2.05) is 0 Å². The Labute approximate surface area is 262 Å². The third-order valence-corrected chi connectivity index (χ3v) is 7.17. The molecule has 1 atom stereocenters. The standard InChI is InChI=1S/C32H29Cl2N3O7/c1-32(2,3)44-26(38)15-11-18-10-14-25-21(16-18)29(40)37(31(43)36(25)4)20-12-8-19(9-13-20)17-24(30(41)42)35-28(39)27-22(33)6-5-7-23(27)34/h5-16,24H,17H2,1-4H3,(H,35,39)(H,41,42)/t24-/m0/s1. The molecule has 0 aliphatic rings. The number of carboxylic acid groups (broad SMARTS) is 1. The van der Waals surface area contributed by atoms with Gasteiger partial charge < -0.3 is 15.2 Å². The number of nitrogens with one attached hydrogen (secondary N) is 1. The Kier molecular flexibility index (Phi) is 9.46. The molecule has 1 amide bonds. The van der Waals surface area contributed by atoms with Crippen LogP contribution in [0.3, 0.4) is 0 Å². The van der Waals surface area contributed by atoms with E-state index in [1.165, 1.54) is 48.0 Å². The van der Waals surface area contributed by atoms with Crippen molar-refractivity contribution in [3.05, 3.63) is 114 Å². The molecule has 0 aliphatic carbocycles. The van der Waals surface area contributed by atoms with Crippen molar-refractivity contribution in [1.29, 1.82) is 0 Å². The number of amides is 1. The van der Waals surface area contributed by atoms with Gasteiger partial charge in [0.25, 0.3) is 11.5 Å². The highest BCUT2D eigenvalue weighted by Crippen LogP contribution is 2.24. The van der Waals surface area contributed by atoms with Gasteiger partial charge in [-0.25, -0.2) is 19.0 Å². The molecule has 228 valence electrons. The number of ether oxygens (including phenoxy) is 1. The Morgan fingerprint density at radius 1 is 1.00 bits per heavy atom. The molecule has 2 N–H and O–H groups in total. The van der Waals surface area contributed by atoms with Crippen molar-refractivity contribution in [1.82, 2.24) is 14.5 Å². The number of aliphatic carboxylic acids is 1. The molecule has 44 heavy (non-hydrogen) atoms. The van der Waals surface area contributed by atoms with Crippen molar-refractivity contribution in [2.45, 2.75) is 38.8 Å². The normalized spacial score (nSPS) is 12.3. The second kappa shape index (κ2) is 12.9. The molecule has 4 aromatic rings. The topological polar surface area (TPSA) is 137 Å². The van der Waals surface area contributed by atoms with Crippen LogP contribution in [0.5, 0.6) is 0 Å². The van der Waals surface area contributed by atoms with E-state index in [1.54, 1.807) is 57.2 Å². The minimum absolute atomic E-state index is 0.0348. The largest absolute Gasteiger partial charge is 0.480 e. The van der Waals surface area contributed by atoms with E-state index in [2.05, 4.69) is 5.32 Å².